The van der Waals surface area contributed by atoms with Crippen LogP contribution in [0.15, 0.2) is 60.7 Å². The third kappa shape index (κ3) is 5.88. The number of aromatic nitrogens is 3. The number of carbonyl (C=O) groups is 1. The standard InChI is InChI=1S/C27H28ClN3O5/c1-27(2,26(32)33)17-18-9-11-24(25(15-18)34-3)36-14-6-13-35-23-12-10-19(28)16-22(23)31-29-20-7-4-5-8-21(20)30-31/h4-5,7-12,15-16H,6,13-14,17H2,1-3H3,(H,32,33). The maximum Gasteiger partial charge on any atom is 0.309 e. The van der Waals surface area contributed by atoms with Gasteiger partial charge in [0.05, 0.1) is 25.7 Å². The summed E-state index contributed by atoms with van der Waals surface area (Å²) in [7, 11) is 1.56. The fourth-order valence-electron chi connectivity index (χ4n) is 3.69. The minimum atomic E-state index is -0.871. The molecule has 3 aromatic carbocycles. The Bertz CT molecular complexity index is 1340. The molecule has 0 bridgehead atoms. The van der Waals surface area contributed by atoms with Gasteiger partial charge in [-0.15, -0.1) is 15.0 Å². The van der Waals surface area contributed by atoms with Crippen molar-refractivity contribution in [1.82, 2.24) is 15.0 Å². The topological polar surface area (TPSA) is 95.7 Å². The van der Waals surface area contributed by atoms with Gasteiger partial charge in [0.2, 0.25) is 0 Å². The van der Waals surface area contributed by atoms with Crippen LogP contribution in [0.5, 0.6) is 17.2 Å². The summed E-state index contributed by atoms with van der Waals surface area (Å²) in [6, 6.07) is 18.4. The maximum absolute atomic E-state index is 11.4. The Kier molecular flexibility index (Phi) is 7.64. The van der Waals surface area contributed by atoms with E-state index in [1.807, 2.05) is 36.4 Å². The first-order chi connectivity index (χ1) is 17.3. The van der Waals surface area contributed by atoms with Crippen LogP contribution in [0.25, 0.3) is 16.7 Å². The van der Waals surface area contributed by atoms with Gasteiger partial charge in [0.25, 0.3) is 0 Å². The van der Waals surface area contributed by atoms with Crippen molar-refractivity contribution < 1.29 is 24.1 Å². The first kappa shape index (κ1) is 25.3. The van der Waals surface area contributed by atoms with Crippen LogP contribution < -0.4 is 14.2 Å². The Labute approximate surface area is 214 Å². The normalized spacial score (nSPS) is 11.4. The van der Waals surface area contributed by atoms with Crippen LogP contribution in [0.4, 0.5) is 0 Å². The van der Waals surface area contributed by atoms with Crippen molar-refractivity contribution in [1.29, 1.82) is 0 Å². The molecule has 0 aliphatic rings. The fourth-order valence-corrected chi connectivity index (χ4v) is 3.85. The van der Waals surface area contributed by atoms with Gasteiger partial charge in [-0.05, 0) is 68.3 Å². The molecule has 0 unspecified atom stereocenters. The first-order valence-electron chi connectivity index (χ1n) is 11.5. The number of rotatable bonds is 11. The number of hydrogen-bond acceptors (Lipinski definition) is 6. The van der Waals surface area contributed by atoms with E-state index in [9.17, 15) is 9.90 Å². The lowest BCUT2D eigenvalue weighted by Gasteiger charge is -2.20. The molecule has 0 aliphatic heterocycles. The average Bonchev–Trinajstić information content (AvgIpc) is 3.29. The molecular weight excluding hydrogens is 482 g/mol. The summed E-state index contributed by atoms with van der Waals surface area (Å²) in [5.74, 6) is 0.922. The molecule has 0 fully saturated rings. The molecule has 1 aromatic heterocycles. The van der Waals surface area contributed by atoms with Crippen LogP contribution in [0.3, 0.4) is 0 Å². The van der Waals surface area contributed by atoms with Gasteiger partial charge in [-0.1, -0.05) is 29.8 Å². The van der Waals surface area contributed by atoms with E-state index in [-0.39, 0.29) is 0 Å². The highest BCUT2D eigenvalue weighted by atomic mass is 35.5. The van der Waals surface area contributed by atoms with Crippen LogP contribution in [-0.2, 0) is 11.2 Å². The van der Waals surface area contributed by atoms with Crippen molar-refractivity contribution >= 4 is 28.6 Å². The molecule has 0 saturated carbocycles. The zero-order chi connectivity index (χ0) is 25.7. The molecule has 9 heteroatoms. The van der Waals surface area contributed by atoms with Crippen LogP contribution in [0, 0.1) is 5.41 Å². The number of halogens is 1. The lowest BCUT2D eigenvalue weighted by atomic mass is 9.86. The number of nitrogens with zero attached hydrogens (tertiary/aromatic N) is 3. The second-order valence-corrected chi connectivity index (χ2v) is 9.43. The van der Waals surface area contributed by atoms with Crippen molar-refractivity contribution in [2.45, 2.75) is 26.7 Å². The molecule has 0 atom stereocenters. The van der Waals surface area contributed by atoms with E-state index < -0.39 is 11.4 Å². The van der Waals surface area contributed by atoms with Gasteiger partial charge in [0.15, 0.2) is 11.5 Å². The van der Waals surface area contributed by atoms with E-state index in [2.05, 4.69) is 10.2 Å². The van der Waals surface area contributed by atoms with Crippen LogP contribution in [0.2, 0.25) is 5.02 Å². The van der Waals surface area contributed by atoms with Crippen molar-refractivity contribution in [2.75, 3.05) is 20.3 Å². The van der Waals surface area contributed by atoms with Gasteiger partial charge >= 0.3 is 5.97 Å². The molecule has 36 heavy (non-hydrogen) atoms. The molecule has 1 N–H and O–H groups in total. The van der Waals surface area contributed by atoms with Crippen molar-refractivity contribution in [3.63, 3.8) is 0 Å². The molecule has 0 amide bonds. The number of ether oxygens (including phenoxy) is 3. The number of hydrogen-bond donors (Lipinski definition) is 1. The van der Waals surface area contributed by atoms with Crippen LogP contribution >= 0.6 is 11.6 Å². The Morgan fingerprint density at radius 2 is 1.58 bits per heavy atom. The predicted octanol–water partition coefficient (Wildman–Crippen LogP) is 5.58. The van der Waals surface area contributed by atoms with Crippen molar-refractivity contribution in [3.05, 3.63) is 71.2 Å². The SMILES string of the molecule is COc1cc(CC(C)(C)C(=O)O)ccc1OCCCOc1ccc(Cl)cc1-n1nc2ccccc2n1. The monoisotopic (exact) mass is 509 g/mol. The van der Waals surface area contributed by atoms with Crippen molar-refractivity contribution in [2.24, 2.45) is 5.41 Å². The van der Waals surface area contributed by atoms with Gasteiger partial charge in [-0.2, -0.15) is 0 Å². The molecule has 0 aliphatic carbocycles. The molecule has 188 valence electrons. The summed E-state index contributed by atoms with van der Waals surface area (Å²) >= 11 is 6.22. The lowest BCUT2D eigenvalue weighted by Crippen LogP contribution is -2.26. The van der Waals surface area contributed by atoms with Crippen molar-refractivity contribution in [3.8, 4) is 22.9 Å². The summed E-state index contributed by atoms with van der Waals surface area (Å²) in [6.07, 6.45) is 1.00. The molecule has 0 radical (unpaired) electrons. The van der Waals surface area contributed by atoms with E-state index >= 15 is 0 Å². The Morgan fingerprint density at radius 3 is 2.22 bits per heavy atom. The first-order valence-corrected chi connectivity index (χ1v) is 11.9. The van der Waals surface area contributed by atoms with E-state index in [1.54, 1.807) is 45.2 Å². The molecule has 0 saturated heterocycles. The van der Waals surface area contributed by atoms with E-state index in [0.29, 0.717) is 54.0 Å². The minimum Gasteiger partial charge on any atom is -0.493 e. The summed E-state index contributed by atoms with van der Waals surface area (Å²) in [4.78, 5) is 13.0. The number of carboxylic acid groups (broad SMARTS) is 1. The third-order valence-electron chi connectivity index (χ3n) is 5.68. The second-order valence-electron chi connectivity index (χ2n) is 8.99. The smallest absolute Gasteiger partial charge is 0.309 e. The van der Waals surface area contributed by atoms with Gasteiger partial charge in [0, 0.05) is 11.4 Å². The van der Waals surface area contributed by atoms with E-state index in [4.69, 9.17) is 25.8 Å². The number of aliphatic carboxylic acids is 1. The Balaban J connectivity index is 1.36. The Morgan fingerprint density at radius 1 is 0.944 bits per heavy atom. The van der Waals surface area contributed by atoms with Gasteiger partial charge < -0.3 is 19.3 Å². The summed E-state index contributed by atoms with van der Waals surface area (Å²) < 4.78 is 17.4. The molecule has 8 nitrogen and oxygen atoms in total. The largest absolute Gasteiger partial charge is 0.493 e. The molecule has 0 spiro atoms. The molecular formula is C27H28ClN3O5. The highest BCUT2D eigenvalue weighted by molar-refractivity contribution is 6.30. The van der Waals surface area contributed by atoms with Gasteiger partial charge in [0.1, 0.15) is 22.5 Å². The molecule has 1 heterocycles. The highest BCUT2D eigenvalue weighted by Crippen LogP contribution is 2.32. The van der Waals surface area contributed by atoms with Gasteiger partial charge in [-0.3, -0.25) is 4.79 Å². The van der Waals surface area contributed by atoms with Crippen LogP contribution in [-0.4, -0.2) is 46.4 Å². The maximum atomic E-state index is 11.4. The highest BCUT2D eigenvalue weighted by Gasteiger charge is 2.27. The number of methoxy groups -OCH3 is 1. The fraction of sp³-hybridized carbons (Fsp3) is 0.296. The minimum absolute atomic E-state index is 0.386. The molecule has 4 rings (SSSR count). The second kappa shape index (κ2) is 10.9. The van der Waals surface area contributed by atoms with E-state index in [0.717, 1.165) is 16.6 Å². The van der Waals surface area contributed by atoms with Gasteiger partial charge in [-0.25, -0.2) is 0 Å². The predicted molar refractivity (Wildman–Crippen MR) is 138 cm³/mol. The van der Waals surface area contributed by atoms with E-state index in [1.165, 1.54) is 4.80 Å². The number of benzene rings is 3. The summed E-state index contributed by atoms with van der Waals surface area (Å²) in [5, 5.41) is 19.0. The summed E-state index contributed by atoms with van der Waals surface area (Å²) in [6.45, 7) is 4.21. The number of carboxylic acids is 1. The number of fused-ring (bicyclic) bond motifs is 1. The lowest BCUT2D eigenvalue weighted by molar-refractivity contribution is -0.146. The Hall–Kier alpha value is -3.78. The van der Waals surface area contributed by atoms with Crippen LogP contribution in [0.1, 0.15) is 25.8 Å². The zero-order valence-electron chi connectivity index (χ0n) is 20.4. The average molecular weight is 510 g/mol. The zero-order valence-corrected chi connectivity index (χ0v) is 21.2. The molecule has 4 aromatic rings. The summed E-state index contributed by atoms with van der Waals surface area (Å²) in [5.41, 5.74) is 2.21. The quantitative estimate of drug-likeness (QED) is 0.263. The third-order valence-corrected chi connectivity index (χ3v) is 5.92.